The third kappa shape index (κ3) is 7.10. The van der Waals surface area contributed by atoms with Gasteiger partial charge in [-0.1, -0.05) is 30.3 Å². The van der Waals surface area contributed by atoms with Gasteiger partial charge in [0.1, 0.15) is 0 Å². The summed E-state index contributed by atoms with van der Waals surface area (Å²) in [7, 11) is -3.65. The van der Waals surface area contributed by atoms with E-state index in [2.05, 4.69) is 49.6 Å². The van der Waals surface area contributed by atoms with Crippen LogP contribution in [0.15, 0.2) is 76.4 Å². The Kier molecular flexibility index (Phi) is 8.05. The highest BCUT2D eigenvalue weighted by atomic mass is 32.2. The standard InChI is InChI=1S/C23H25N5O2S3/c29-33(30,28-22-25-14-15-31-22)21-11-9-19(10-12-21)26-23-27-20(17-32-23)16-24-13-5-4-8-18-6-2-1-3-7-18/h1-3,6-7,9-12,14-15,17,24H,4-5,8,13,16H2,(H,25,28)(H,26,27). The number of aryl methyl sites for hydroxylation is 1. The van der Waals surface area contributed by atoms with Crippen LogP contribution in [-0.4, -0.2) is 24.9 Å². The molecule has 0 atom stereocenters. The maximum atomic E-state index is 12.4. The van der Waals surface area contributed by atoms with Crippen LogP contribution in [0.25, 0.3) is 0 Å². The molecular weight excluding hydrogens is 474 g/mol. The van der Waals surface area contributed by atoms with E-state index in [9.17, 15) is 8.42 Å². The molecule has 4 aromatic rings. The molecule has 7 nitrogen and oxygen atoms in total. The number of sulfonamides is 1. The smallest absolute Gasteiger partial charge is 0.263 e. The molecular formula is C23H25N5O2S3. The molecule has 2 heterocycles. The van der Waals surface area contributed by atoms with E-state index in [0.717, 1.165) is 48.9 Å². The Hall–Kier alpha value is -2.79. The molecule has 33 heavy (non-hydrogen) atoms. The lowest BCUT2D eigenvalue weighted by atomic mass is 10.1. The van der Waals surface area contributed by atoms with Gasteiger partial charge in [0.2, 0.25) is 0 Å². The van der Waals surface area contributed by atoms with Gasteiger partial charge < -0.3 is 10.6 Å². The molecule has 0 aliphatic heterocycles. The first-order valence-corrected chi connectivity index (χ1v) is 13.8. The molecule has 0 radical (unpaired) electrons. The minimum absolute atomic E-state index is 0.180. The third-order valence-corrected chi connectivity index (χ3v) is 7.82. The van der Waals surface area contributed by atoms with E-state index in [4.69, 9.17) is 0 Å². The van der Waals surface area contributed by atoms with E-state index in [1.165, 1.54) is 28.2 Å². The average Bonchev–Trinajstić information content (AvgIpc) is 3.49. The van der Waals surface area contributed by atoms with Crippen LogP contribution >= 0.6 is 22.7 Å². The van der Waals surface area contributed by atoms with Crippen molar-refractivity contribution in [2.45, 2.75) is 30.7 Å². The van der Waals surface area contributed by atoms with Gasteiger partial charge in [0, 0.05) is 29.2 Å². The lowest BCUT2D eigenvalue weighted by Gasteiger charge is -2.07. The minimum Gasteiger partial charge on any atom is -0.332 e. The lowest BCUT2D eigenvalue weighted by molar-refractivity contribution is 0.601. The number of anilines is 3. The molecule has 2 aromatic heterocycles. The molecule has 0 bridgehead atoms. The number of nitrogens with one attached hydrogen (secondary N) is 3. The predicted molar refractivity (Wildman–Crippen MR) is 136 cm³/mol. The normalized spacial score (nSPS) is 11.4. The molecule has 0 amide bonds. The third-order valence-electron chi connectivity index (χ3n) is 4.84. The van der Waals surface area contributed by atoms with Crippen molar-refractivity contribution in [3.8, 4) is 0 Å². The van der Waals surface area contributed by atoms with Crippen LogP contribution in [0.2, 0.25) is 0 Å². The van der Waals surface area contributed by atoms with Crippen molar-refractivity contribution in [1.82, 2.24) is 15.3 Å². The highest BCUT2D eigenvalue weighted by Gasteiger charge is 2.15. The summed E-state index contributed by atoms with van der Waals surface area (Å²) in [6, 6.07) is 17.1. The maximum Gasteiger partial charge on any atom is 0.263 e. The fourth-order valence-electron chi connectivity index (χ4n) is 3.17. The Morgan fingerprint density at radius 1 is 0.909 bits per heavy atom. The molecule has 0 aliphatic rings. The molecule has 3 N–H and O–H groups in total. The number of unbranched alkanes of at least 4 members (excludes halogenated alkanes) is 1. The van der Waals surface area contributed by atoms with E-state index in [-0.39, 0.29) is 4.90 Å². The Labute approximate surface area is 202 Å². The number of nitrogens with zero attached hydrogens (tertiary/aromatic N) is 2. The monoisotopic (exact) mass is 499 g/mol. The van der Waals surface area contributed by atoms with Crippen LogP contribution < -0.4 is 15.4 Å². The zero-order chi connectivity index (χ0) is 22.9. The van der Waals surface area contributed by atoms with Crippen molar-refractivity contribution in [1.29, 1.82) is 0 Å². The molecule has 172 valence electrons. The van der Waals surface area contributed by atoms with Crippen molar-refractivity contribution >= 4 is 48.6 Å². The van der Waals surface area contributed by atoms with E-state index >= 15 is 0 Å². The second kappa shape index (κ2) is 11.4. The highest BCUT2D eigenvalue weighted by molar-refractivity contribution is 7.93. The van der Waals surface area contributed by atoms with E-state index in [0.29, 0.717) is 5.13 Å². The van der Waals surface area contributed by atoms with Crippen LogP contribution in [0.5, 0.6) is 0 Å². The van der Waals surface area contributed by atoms with Crippen LogP contribution in [0, 0.1) is 0 Å². The largest absolute Gasteiger partial charge is 0.332 e. The van der Waals surface area contributed by atoms with Crippen LogP contribution in [-0.2, 0) is 23.0 Å². The second-order valence-corrected chi connectivity index (χ2v) is 10.8. The van der Waals surface area contributed by atoms with Gasteiger partial charge in [0.25, 0.3) is 10.0 Å². The summed E-state index contributed by atoms with van der Waals surface area (Å²) in [6.45, 7) is 1.68. The number of rotatable bonds is 12. The molecule has 0 saturated carbocycles. The topological polar surface area (TPSA) is 96.0 Å². The number of thiazole rings is 2. The predicted octanol–water partition coefficient (Wildman–Crippen LogP) is 5.26. The first-order valence-electron chi connectivity index (χ1n) is 10.6. The molecule has 0 fully saturated rings. The average molecular weight is 500 g/mol. The molecule has 0 aliphatic carbocycles. The quantitative estimate of drug-likeness (QED) is 0.230. The molecule has 0 saturated heterocycles. The number of hydrogen-bond donors (Lipinski definition) is 3. The van der Waals surface area contributed by atoms with Gasteiger partial charge in [0.15, 0.2) is 10.3 Å². The van der Waals surface area contributed by atoms with Crippen molar-refractivity contribution < 1.29 is 8.42 Å². The highest BCUT2D eigenvalue weighted by Crippen LogP contribution is 2.23. The van der Waals surface area contributed by atoms with Gasteiger partial charge in [-0.25, -0.2) is 18.4 Å². The molecule has 0 spiro atoms. The zero-order valence-electron chi connectivity index (χ0n) is 17.9. The fourth-order valence-corrected chi connectivity index (χ4v) is 5.69. The van der Waals surface area contributed by atoms with Crippen molar-refractivity contribution in [2.24, 2.45) is 0 Å². The van der Waals surface area contributed by atoms with Gasteiger partial charge in [0.05, 0.1) is 10.6 Å². The second-order valence-electron chi connectivity index (χ2n) is 7.36. The van der Waals surface area contributed by atoms with Gasteiger partial charge in [-0.15, -0.1) is 22.7 Å². The number of benzene rings is 2. The van der Waals surface area contributed by atoms with Crippen LogP contribution in [0.1, 0.15) is 24.1 Å². The summed E-state index contributed by atoms with van der Waals surface area (Å²) >= 11 is 2.76. The molecule has 10 heteroatoms. The Morgan fingerprint density at radius 2 is 1.73 bits per heavy atom. The zero-order valence-corrected chi connectivity index (χ0v) is 20.3. The first kappa shape index (κ1) is 23.4. The molecule has 0 unspecified atom stereocenters. The summed E-state index contributed by atoms with van der Waals surface area (Å²) in [5, 5.41) is 11.5. The van der Waals surface area contributed by atoms with Crippen LogP contribution in [0.4, 0.5) is 16.0 Å². The Bertz CT molecular complexity index is 1220. The van der Waals surface area contributed by atoms with Gasteiger partial charge in [-0.2, -0.15) is 0 Å². The van der Waals surface area contributed by atoms with Crippen LogP contribution in [0.3, 0.4) is 0 Å². The van der Waals surface area contributed by atoms with Gasteiger partial charge >= 0.3 is 0 Å². The van der Waals surface area contributed by atoms with Gasteiger partial charge in [-0.05, 0) is 55.6 Å². The number of hydrogen-bond acceptors (Lipinski definition) is 8. The summed E-state index contributed by atoms with van der Waals surface area (Å²) in [4.78, 5) is 8.73. The summed E-state index contributed by atoms with van der Waals surface area (Å²) in [5.74, 6) is 0. The minimum atomic E-state index is -3.65. The lowest BCUT2D eigenvalue weighted by Crippen LogP contribution is -2.15. The van der Waals surface area contributed by atoms with Crippen molar-refractivity contribution in [3.05, 3.63) is 82.8 Å². The summed E-state index contributed by atoms with van der Waals surface area (Å²) in [6.07, 6.45) is 4.94. The van der Waals surface area contributed by atoms with E-state index < -0.39 is 10.0 Å². The van der Waals surface area contributed by atoms with E-state index in [1.54, 1.807) is 35.8 Å². The summed E-state index contributed by atoms with van der Waals surface area (Å²) in [5.41, 5.74) is 3.14. The van der Waals surface area contributed by atoms with Gasteiger partial charge in [-0.3, -0.25) is 4.72 Å². The SMILES string of the molecule is O=S(=O)(Nc1nccs1)c1ccc(Nc2nc(CNCCCCc3ccccc3)cs2)cc1. The molecule has 4 rings (SSSR count). The first-order chi connectivity index (χ1) is 16.1. The summed E-state index contributed by atoms with van der Waals surface area (Å²) < 4.78 is 27.3. The van der Waals surface area contributed by atoms with E-state index in [1.807, 2.05) is 11.4 Å². The van der Waals surface area contributed by atoms with Crippen molar-refractivity contribution in [3.63, 3.8) is 0 Å². The maximum absolute atomic E-state index is 12.4. The van der Waals surface area contributed by atoms with Crippen molar-refractivity contribution in [2.75, 3.05) is 16.6 Å². The Balaban J connectivity index is 1.20. The molecule has 2 aromatic carbocycles. The number of aromatic nitrogens is 2. The Morgan fingerprint density at radius 3 is 2.48 bits per heavy atom. The fraction of sp³-hybridized carbons (Fsp3) is 0.217.